The highest BCUT2D eigenvalue weighted by molar-refractivity contribution is 7.85. The third-order valence-electron chi connectivity index (χ3n) is 3.00. The summed E-state index contributed by atoms with van der Waals surface area (Å²) < 4.78 is 31.3. The second-order valence-electron chi connectivity index (χ2n) is 4.63. The minimum absolute atomic E-state index is 0.208. The van der Waals surface area contributed by atoms with Crippen molar-refractivity contribution < 1.29 is 13.0 Å². The van der Waals surface area contributed by atoms with Gasteiger partial charge in [-0.15, -0.1) is 0 Å². The summed E-state index contributed by atoms with van der Waals surface area (Å²) >= 11 is 0. The molecule has 0 aliphatic rings. The summed E-state index contributed by atoms with van der Waals surface area (Å²) in [6, 6.07) is 9.16. The van der Waals surface area contributed by atoms with Crippen LogP contribution < -0.4 is 11.5 Å². The first kappa shape index (κ1) is 13.4. The molecule has 21 heavy (non-hydrogen) atoms. The summed E-state index contributed by atoms with van der Waals surface area (Å²) in [5, 5.41) is 0. The molecule has 6 N–H and O–H groups in total. The van der Waals surface area contributed by atoms with Crippen LogP contribution in [0.2, 0.25) is 0 Å². The van der Waals surface area contributed by atoms with E-state index in [-0.39, 0.29) is 4.90 Å². The van der Waals surface area contributed by atoms with Gasteiger partial charge in [0.25, 0.3) is 10.1 Å². The summed E-state index contributed by atoms with van der Waals surface area (Å²) in [6.07, 6.45) is 0. The number of nitrogen functional groups attached to an aromatic ring is 2. The maximum atomic E-state index is 11.1. The summed E-state index contributed by atoms with van der Waals surface area (Å²) in [4.78, 5) is 7.14. The molecule has 0 fully saturated rings. The largest absolute Gasteiger partial charge is 0.399 e. The standard InChI is InChI=1S/C13H12N4O3S/c14-8-3-7(4-9(15)5-8)13-16-11-2-1-10(21(18,19)20)6-12(11)17-13/h1-6H,14-15H2,(H,16,17)(H,18,19,20). The molecular formula is C13H12N4O3S. The van der Waals surface area contributed by atoms with Gasteiger partial charge in [0.15, 0.2) is 0 Å². The van der Waals surface area contributed by atoms with E-state index in [1.54, 1.807) is 18.2 Å². The van der Waals surface area contributed by atoms with Crippen molar-refractivity contribution in [3.8, 4) is 11.4 Å². The van der Waals surface area contributed by atoms with Crippen LogP contribution in [0.25, 0.3) is 22.4 Å². The zero-order valence-corrected chi connectivity index (χ0v) is 11.6. The molecule has 108 valence electrons. The molecule has 0 atom stereocenters. The fourth-order valence-corrected chi connectivity index (χ4v) is 2.60. The normalized spacial score (nSPS) is 11.9. The Labute approximate surface area is 120 Å². The number of nitrogens with two attached hydrogens (primary N) is 2. The first-order chi connectivity index (χ1) is 9.83. The first-order valence-electron chi connectivity index (χ1n) is 5.96. The average molecular weight is 304 g/mol. The molecule has 0 aliphatic carbocycles. The van der Waals surface area contributed by atoms with E-state index in [1.807, 2.05) is 0 Å². The van der Waals surface area contributed by atoms with E-state index in [0.717, 1.165) is 0 Å². The molecule has 0 spiro atoms. The number of aromatic amines is 1. The average Bonchev–Trinajstić information content (AvgIpc) is 2.79. The molecule has 0 aliphatic heterocycles. The van der Waals surface area contributed by atoms with Gasteiger partial charge in [-0.25, -0.2) is 4.98 Å². The van der Waals surface area contributed by atoms with Gasteiger partial charge in [-0.3, -0.25) is 4.55 Å². The fraction of sp³-hybridized carbons (Fsp3) is 0. The third-order valence-corrected chi connectivity index (χ3v) is 3.85. The van der Waals surface area contributed by atoms with E-state index in [0.29, 0.717) is 33.8 Å². The Hall–Kier alpha value is -2.58. The Bertz CT molecular complexity index is 927. The Morgan fingerprint density at radius 1 is 1.05 bits per heavy atom. The van der Waals surface area contributed by atoms with Gasteiger partial charge in [-0.2, -0.15) is 8.42 Å². The molecule has 0 saturated heterocycles. The SMILES string of the molecule is Nc1cc(N)cc(-c2nc3cc(S(=O)(=O)O)ccc3[nH]2)c1. The van der Waals surface area contributed by atoms with E-state index >= 15 is 0 Å². The lowest BCUT2D eigenvalue weighted by atomic mass is 10.1. The zero-order chi connectivity index (χ0) is 15.2. The predicted octanol–water partition coefficient (Wildman–Crippen LogP) is 1.64. The van der Waals surface area contributed by atoms with Crippen LogP contribution in [0.15, 0.2) is 41.3 Å². The molecule has 0 amide bonds. The second-order valence-corrected chi connectivity index (χ2v) is 6.05. The van der Waals surface area contributed by atoms with Crippen molar-refractivity contribution in [3.63, 3.8) is 0 Å². The Morgan fingerprint density at radius 2 is 1.71 bits per heavy atom. The van der Waals surface area contributed by atoms with E-state index in [4.69, 9.17) is 16.0 Å². The van der Waals surface area contributed by atoms with Crippen molar-refractivity contribution in [1.82, 2.24) is 9.97 Å². The van der Waals surface area contributed by atoms with E-state index in [9.17, 15) is 8.42 Å². The number of hydrogen-bond acceptors (Lipinski definition) is 5. The molecule has 8 heteroatoms. The summed E-state index contributed by atoms with van der Waals surface area (Å²) in [5.41, 5.74) is 14.2. The lowest BCUT2D eigenvalue weighted by molar-refractivity contribution is 0.483. The van der Waals surface area contributed by atoms with Crippen molar-refractivity contribution in [2.45, 2.75) is 4.90 Å². The van der Waals surface area contributed by atoms with Gasteiger partial charge in [0.1, 0.15) is 5.82 Å². The first-order valence-corrected chi connectivity index (χ1v) is 7.40. The monoisotopic (exact) mass is 304 g/mol. The van der Waals surface area contributed by atoms with Crippen LogP contribution in [0, 0.1) is 0 Å². The summed E-state index contributed by atoms with van der Waals surface area (Å²) in [7, 11) is -4.26. The zero-order valence-electron chi connectivity index (χ0n) is 10.7. The van der Waals surface area contributed by atoms with Crippen LogP contribution in [-0.4, -0.2) is 22.9 Å². The quantitative estimate of drug-likeness (QED) is 0.420. The third kappa shape index (κ3) is 2.54. The Morgan fingerprint density at radius 3 is 2.33 bits per heavy atom. The van der Waals surface area contributed by atoms with Crippen LogP contribution in [0.1, 0.15) is 0 Å². The van der Waals surface area contributed by atoms with Crippen molar-refractivity contribution in [1.29, 1.82) is 0 Å². The lowest BCUT2D eigenvalue weighted by Crippen LogP contribution is -1.97. The van der Waals surface area contributed by atoms with Gasteiger partial charge < -0.3 is 16.5 Å². The van der Waals surface area contributed by atoms with E-state index in [1.165, 1.54) is 18.2 Å². The van der Waals surface area contributed by atoms with Gasteiger partial charge in [0.2, 0.25) is 0 Å². The number of aromatic nitrogens is 2. The van der Waals surface area contributed by atoms with Crippen LogP contribution in [0.5, 0.6) is 0 Å². The van der Waals surface area contributed by atoms with Crippen LogP contribution in [0.4, 0.5) is 11.4 Å². The molecule has 7 nitrogen and oxygen atoms in total. The summed E-state index contributed by atoms with van der Waals surface area (Å²) in [6.45, 7) is 0. The van der Waals surface area contributed by atoms with E-state index in [2.05, 4.69) is 9.97 Å². The lowest BCUT2D eigenvalue weighted by Gasteiger charge is -2.01. The number of nitrogens with one attached hydrogen (secondary N) is 1. The second kappa shape index (κ2) is 4.47. The maximum absolute atomic E-state index is 11.1. The number of rotatable bonds is 2. The highest BCUT2D eigenvalue weighted by Gasteiger charge is 2.13. The minimum atomic E-state index is -4.26. The number of anilines is 2. The maximum Gasteiger partial charge on any atom is 0.294 e. The highest BCUT2D eigenvalue weighted by Crippen LogP contribution is 2.26. The Balaban J connectivity index is 2.17. The molecule has 0 unspecified atom stereocenters. The van der Waals surface area contributed by atoms with Gasteiger partial charge in [0.05, 0.1) is 15.9 Å². The van der Waals surface area contributed by atoms with Gasteiger partial charge >= 0.3 is 0 Å². The van der Waals surface area contributed by atoms with Crippen molar-refractivity contribution in [3.05, 3.63) is 36.4 Å². The smallest absolute Gasteiger partial charge is 0.294 e. The number of imidazole rings is 1. The van der Waals surface area contributed by atoms with Gasteiger partial charge in [-0.05, 0) is 36.4 Å². The van der Waals surface area contributed by atoms with E-state index < -0.39 is 10.1 Å². The molecule has 1 heterocycles. The molecule has 0 saturated carbocycles. The number of fused-ring (bicyclic) bond motifs is 1. The topological polar surface area (TPSA) is 135 Å². The molecule has 0 bridgehead atoms. The summed E-state index contributed by atoms with van der Waals surface area (Å²) in [5.74, 6) is 0.511. The van der Waals surface area contributed by atoms with Gasteiger partial charge in [0, 0.05) is 16.9 Å². The van der Waals surface area contributed by atoms with Crippen LogP contribution in [-0.2, 0) is 10.1 Å². The number of benzene rings is 2. The molecule has 3 aromatic rings. The molecule has 0 radical (unpaired) electrons. The van der Waals surface area contributed by atoms with Gasteiger partial charge in [-0.1, -0.05) is 0 Å². The molecule has 2 aromatic carbocycles. The predicted molar refractivity (Wildman–Crippen MR) is 80.2 cm³/mol. The fourth-order valence-electron chi connectivity index (χ4n) is 2.10. The molecule has 3 rings (SSSR count). The Kier molecular flexibility index (Phi) is 2.85. The molecule has 1 aromatic heterocycles. The number of H-pyrrole nitrogens is 1. The molecular weight excluding hydrogens is 292 g/mol. The number of nitrogens with zero attached hydrogens (tertiary/aromatic N) is 1. The van der Waals surface area contributed by atoms with Crippen LogP contribution in [0.3, 0.4) is 0 Å². The number of hydrogen-bond donors (Lipinski definition) is 4. The van der Waals surface area contributed by atoms with Crippen molar-refractivity contribution in [2.24, 2.45) is 0 Å². The van der Waals surface area contributed by atoms with Crippen LogP contribution >= 0.6 is 0 Å². The minimum Gasteiger partial charge on any atom is -0.399 e. The van der Waals surface area contributed by atoms with Crippen molar-refractivity contribution in [2.75, 3.05) is 11.5 Å². The van der Waals surface area contributed by atoms with Crippen molar-refractivity contribution >= 4 is 32.5 Å². The highest BCUT2D eigenvalue weighted by atomic mass is 32.2.